The molecule has 28 heavy (non-hydrogen) atoms. The summed E-state index contributed by atoms with van der Waals surface area (Å²) in [6.45, 7) is 5.42. The first-order valence-corrected chi connectivity index (χ1v) is 9.63. The third-order valence-electron chi connectivity index (χ3n) is 5.74. The van der Waals surface area contributed by atoms with Crippen molar-refractivity contribution in [2.75, 3.05) is 31.1 Å². The van der Waals surface area contributed by atoms with E-state index in [0.717, 1.165) is 17.7 Å². The van der Waals surface area contributed by atoms with Gasteiger partial charge in [0, 0.05) is 43.5 Å². The average Bonchev–Trinajstić information content (AvgIpc) is 3.19. The Morgan fingerprint density at radius 3 is 2.64 bits per heavy atom. The van der Waals surface area contributed by atoms with Crippen molar-refractivity contribution in [3.63, 3.8) is 0 Å². The summed E-state index contributed by atoms with van der Waals surface area (Å²) in [7, 11) is 0. The molecule has 2 saturated heterocycles. The third-order valence-corrected chi connectivity index (χ3v) is 5.74. The molecule has 2 aliphatic heterocycles. The van der Waals surface area contributed by atoms with Crippen molar-refractivity contribution >= 4 is 17.7 Å². The van der Waals surface area contributed by atoms with Crippen molar-refractivity contribution in [2.45, 2.75) is 20.3 Å². The normalized spacial score (nSPS) is 23.9. The Bertz CT molecular complexity index is 917. The molecule has 1 N–H and O–H groups in total. The van der Waals surface area contributed by atoms with Crippen LogP contribution in [0.1, 0.15) is 19.0 Å². The van der Waals surface area contributed by atoms with Crippen molar-refractivity contribution in [3.05, 3.63) is 42.1 Å². The minimum Gasteiger partial charge on any atom is -0.481 e. The molecule has 146 valence electrons. The van der Waals surface area contributed by atoms with Crippen LogP contribution in [0.25, 0.3) is 11.4 Å². The molecule has 0 radical (unpaired) electrons. The highest BCUT2D eigenvalue weighted by Crippen LogP contribution is 2.45. The second-order valence-electron chi connectivity index (χ2n) is 7.71. The lowest BCUT2D eigenvalue weighted by atomic mass is 9.81. The largest absolute Gasteiger partial charge is 0.481 e. The zero-order chi connectivity index (χ0) is 19.9. The van der Waals surface area contributed by atoms with Crippen LogP contribution in [-0.2, 0) is 9.59 Å². The number of anilines is 1. The van der Waals surface area contributed by atoms with Gasteiger partial charge in [0.15, 0.2) is 5.82 Å². The van der Waals surface area contributed by atoms with Gasteiger partial charge < -0.3 is 14.9 Å². The fraction of sp³-hybridized carbons (Fsp3) is 0.429. The highest BCUT2D eigenvalue weighted by atomic mass is 16.4. The number of nitrogens with zero attached hydrogens (tertiary/aromatic N) is 4. The summed E-state index contributed by atoms with van der Waals surface area (Å²) in [6.07, 6.45) is 0.823. The molecule has 4 rings (SSSR count). The molecule has 2 fully saturated rings. The molecule has 1 amide bonds. The van der Waals surface area contributed by atoms with Gasteiger partial charge in [0.1, 0.15) is 11.2 Å². The van der Waals surface area contributed by atoms with Gasteiger partial charge in [-0.25, -0.2) is 9.97 Å². The Labute approximate surface area is 164 Å². The summed E-state index contributed by atoms with van der Waals surface area (Å²) in [5, 5.41) is 9.99. The van der Waals surface area contributed by atoms with E-state index < -0.39 is 17.3 Å². The predicted octanol–water partition coefficient (Wildman–Crippen LogP) is 2.21. The van der Waals surface area contributed by atoms with E-state index >= 15 is 0 Å². The number of fused-ring (bicyclic) bond motifs is 1. The molecule has 0 spiro atoms. The van der Waals surface area contributed by atoms with Gasteiger partial charge in [-0.3, -0.25) is 9.59 Å². The number of aromatic nitrogens is 2. The van der Waals surface area contributed by atoms with Crippen LogP contribution in [0.15, 0.2) is 36.4 Å². The number of hydrogen-bond acceptors (Lipinski definition) is 5. The number of aryl methyl sites for hydroxylation is 1. The van der Waals surface area contributed by atoms with Crippen molar-refractivity contribution in [3.8, 4) is 11.4 Å². The zero-order valence-electron chi connectivity index (χ0n) is 16.1. The van der Waals surface area contributed by atoms with Crippen molar-refractivity contribution in [2.24, 2.45) is 11.3 Å². The molecule has 7 nitrogen and oxygen atoms in total. The SMILES string of the molecule is CCCN1C[C@@]2(C(=O)O)CN(c3cc(C)nc(-c4ccccc4)n3)C[C@H]2C1=O. The maximum absolute atomic E-state index is 12.8. The van der Waals surface area contributed by atoms with Crippen LogP contribution in [0.5, 0.6) is 0 Å². The minimum atomic E-state index is -1.07. The molecule has 2 aromatic rings. The van der Waals surface area contributed by atoms with Crippen molar-refractivity contribution in [1.29, 1.82) is 0 Å². The standard InChI is InChI=1S/C21H24N4O3/c1-3-9-24-12-21(20(27)28)13-25(11-16(21)19(24)26)17-10-14(2)22-18(23-17)15-7-5-4-6-8-15/h4-8,10,16H,3,9,11-13H2,1-2H3,(H,27,28)/t16-,21+/m0/s1. The second kappa shape index (κ2) is 6.89. The number of carbonyl (C=O) groups excluding carboxylic acids is 1. The van der Waals surface area contributed by atoms with Crippen LogP contribution in [0.4, 0.5) is 5.82 Å². The first kappa shape index (κ1) is 18.4. The Hall–Kier alpha value is -2.96. The van der Waals surface area contributed by atoms with Crippen LogP contribution in [0.3, 0.4) is 0 Å². The van der Waals surface area contributed by atoms with Crippen LogP contribution >= 0.6 is 0 Å². The number of carbonyl (C=O) groups is 2. The van der Waals surface area contributed by atoms with E-state index in [2.05, 4.69) is 9.97 Å². The van der Waals surface area contributed by atoms with E-state index in [-0.39, 0.29) is 19.0 Å². The minimum absolute atomic E-state index is 0.0548. The molecule has 0 unspecified atom stereocenters. The number of amides is 1. The lowest BCUT2D eigenvalue weighted by molar-refractivity contribution is -0.149. The van der Waals surface area contributed by atoms with E-state index in [1.807, 2.05) is 55.1 Å². The zero-order valence-corrected chi connectivity index (χ0v) is 16.1. The molecule has 1 aromatic carbocycles. The number of hydrogen-bond donors (Lipinski definition) is 1. The van der Waals surface area contributed by atoms with Crippen LogP contribution in [-0.4, -0.2) is 58.0 Å². The van der Waals surface area contributed by atoms with Gasteiger partial charge in [0.05, 0.1) is 5.92 Å². The molecular weight excluding hydrogens is 356 g/mol. The molecular formula is C21H24N4O3. The van der Waals surface area contributed by atoms with E-state index in [1.165, 1.54) is 0 Å². The number of likely N-dealkylation sites (tertiary alicyclic amines) is 1. The van der Waals surface area contributed by atoms with Crippen LogP contribution in [0, 0.1) is 18.3 Å². The van der Waals surface area contributed by atoms with Crippen molar-refractivity contribution in [1.82, 2.24) is 14.9 Å². The molecule has 1 aromatic heterocycles. The Morgan fingerprint density at radius 2 is 2.00 bits per heavy atom. The van der Waals surface area contributed by atoms with Gasteiger partial charge in [0.2, 0.25) is 5.91 Å². The van der Waals surface area contributed by atoms with E-state index in [0.29, 0.717) is 24.7 Å². The molecule has 7 heteroatoms. The van der Waals surface area contributed by atoms with Crippen molar-refractivity contribution < 1.29 is 14.7 Å². The molecule has 0 saturated carbocycles. The number of aliphatic carboxylic acids is 1. The number of rotatable bonds is 5. The monoisotopic (exact) mass is 380 g/mol. The Morgan fingerprint density at radius 1 is 1.25 bits per heavy atom. The van der Waals surface area contributed by atoms with Gasteiger partial charge in [-0.05, 0) is 13.3 Å². The topological polar surface area (TPSA) is 86.6 Å². The summed E-state index contributed by atoms with van der Waals surface area (Å²) >= 11 is 0. The highest BCUT2D eigenvalue weighted by Gasteiger charge is 2.62. The van der Waals surface area contributed by atoms with Crippen LogP contribution in [0.2, 0.25) is 0 Å². The highest BCUT2D eigenvalue weighted by molar-refractivity contribution is 5.93. The molecule has 0 aliphatic carbocycles. The van der Waals surface area contributed by atoms with E-state index in [4.69, 9.17) is 0 Å². The molecule has 3 heterocycles. The number of carboxylic acid groups (broad SMARTS) is 1. The first-order valence-electron chi connectivity index (χ1n) is 9.63. The maximum atomic E-state index is 12.8. The van der Waals surface area contributed by atoms with Gasteiger partial charge in [-0.1, -0.05) is 37.3 Å². The second-order valence-corrected chi connectivity index (χ2v) is 7.71. The van der Waals surface area contributed by atoms with E-state index in [1.54, 1.807) is 4.90 Å². The third kappa shape index (κ3) is 2.91. The summed E-state index contributed by atoms with van der Waals surface area (Å²) in [6, 6.07) is 11.6. The predicted molar refractivity (Wildman–Crippen MR) is 105 cm³/mol. The maximum Gasteiger partial charge on any atom is 0.314 e. The Kier molecular flexibility index (Phi) is 4.53. The summed E-state index contributed by atoms with van der Waals surface area (Å²) in [5.74, 6) is -0.207. The smallest absolute Gasteiger partial charge is 0.314 e. The molecule has 2 aliphatic rings. The van der Waals surface area contributed by atoms with Gasteiger partial charge in [-0.2, -0.15) is 0 Å². The number of benzene rings is 1. The first-order chi connectivity index (χ1) is 13.4. The lowest BCUT2D eigenvalue weighted by Crippen LogP contribution is -2.41. The fourth-order valence-electron chi connectivity index (χ4n) is 4.37. The van der Waals surface area contributed by atoms with E-state index in [9.17, 15) is 14.7 Å². The van der Waals surface area contributed by atoms with Crippen LogP contribution < -0.4 is 4.90 Å². The summed E-state index contributed by atoms with van der Waals surface area (Å²) in [5.41, 5.74) is 0.645. The van der Waals surface area contributed by atoms with Gasteiger partial charge in [0.25, 0.3) is 0 Å². The number of carboxylic acids is 1. The Balaban J connectivity index is 1.67. The quantitative estimate of drug-likeness (QED) is 0.856. The molecule has 0 bridgehead atoms. The molecule has 2 atom stereocenters. The average molecular weight is 380 g/mol. The van der Waals surface area contributed by atoms with Gasteiger partial charge >= 0.3 is 5.97 Å². The lowest BCUT2D eigenvalue weighted by Gasteiger charge is -2.26. The summed E-state index contributed by atoms with van der Waals surface area (Å²) in [4.78, 5) is 37.9. The van der Waals surface area contributed by atoms with Gasteiger partial charge in [-0.15, -0.1) is 0 Å². The summed E-state index contributed by atoms with van der Waals surface area (Å²) < 4.78 is 0. The fourth-order valence-corrected chi connectivity index (χ4v) is 4.37.